The number of hydrogen-bond donors (Lipinski definition) is 0. The van der Waals surface area contributed by atoms with Gasteiger partial charge < -0.3 is 9.47 Å². The lowest BCUT2D eigenvalue weighted by atomic mass is 9.74. The van der Waals surface area contributed by atoms with Gasteiger partial charge in [0, 0.05) is 44.2 Å². The molecule has 3 heteroatoms. The normalized spacial score (nSPS) is 14.4. The van der Waals surface area contributed by atoms with Gasteiger partial charge in [-0.15, -0.1) is 0 Å². The van der Waals surface area contributed by atoms with E-state index in [4.69, 9.17) is 9.47 Å². The Labute approximate surface area is 368 Å². The van der Waals surface area contributed by atoms with Crippen molar-refractivity contribution in [1.82, 2.24) is 0 Å². The lowest BCUT2D eigenvalue weighted by molar-refractivity contribution is 0.418. The molecule has 0 aliphatic carbocycles. The van der Waals surface area contributed by atoms with Crippen molar-refractivity contribution in [3.05, 3.63) is 214 Å². The average Bonchev–Trinajstić information content (AvgIpc) is 3.27. The van der Waals surface area contributed by atoms with Crippen LogP contribution in [0.1, 0.15) is 79.1 Å². The highest BCUT2D eigenvalue weighted by Crippen LogP contribution is 2.54. The summed E-state index contributed by atoms with van der Waals surface area (Å²) in [5.41, 5.74) is 14.1. The minimum Gasteiger partial charge on any atom is -0.456 e. The van der Waals surface area contributed by atoms with E-state index in [0.717, 1.165) is 40.5 Å². The lowest BCUT2D eigenvalue weighted by Crippen LogP contribution is -2.74. The quantitative estimate of drug-likeness (QED) is 0.118. The molecule has 0 saturated heterocycles. The van der Waals surface area contributed by atoms with Crippen LogP contribution in [0.25, 0.3) is 22.3 Å². The van der Waals surface area contributed by atoms with E-state index < -0.39 is 8.07 Å². The Morgan fingerprint density at radius 2 is 0.823 bits per heavy atom. The first-order valence-electron chi connectivity index (χ1n) is 22.1. The van der Waals surface area contributed by atoms with Crippen LogP contribution in [0, 0.1) is 20.8 Å². The summed E-state index contributed by atoms with van der Waals surface area (Å²) in [4.78, 5) is 0. The van der Waals surface area contributed by atoms with Gasteiger partial charge in [0.1, 0.15) is 23.0 Å². The summed E-state index contributed by atoms with van der Waals surface area (Å²) in [5.74, 6) is 3.85. The van der Waals surface area contributed by atoms with E-state index >= 15 is 0 Å². The Bertz CT molecular complexity index is 2960. The summed E-state index contributed by atoms with van der Waals surface area (Å²) in [6.07, 6.45) is 0.909. The van der Waals surface area contributed by atoms with Crippen molar-refractivity contribution in [2.24, 2.45) is 0 Å². The molecule has 0 N–H and O–H groups in total. The van der Waals surface area contributed by atoms with Crippen molar-refractivity contribution in [2.75, 3.05) is 0 Å². The Morgan fingerprint density at radius 3 is 1.29 bits per heavy atom. The Kier molecular flexibility index (Phi) is 9.53. The van der Waals surface area contributed by atoms with Gasteiger partial charge in [-0.25, -0.2) is 0 Å². The highest BCUT2D eigenvalue weighted by molar-refractivity contribution is 7.19. The van der Waals surface area contributed by atoms with Crippen molar-refractivity contribution in [2.45, 2.75) is 72.6 Å². The maximum atomic E-state index is 6.95. The van der Waals surface area contributed by atoms with Gasteiger partial charge in [0.05, 0.1) is 0 Å². The predicted octanol–water partition coefficient (Wildman–Crippen LogP) is 12.7. The summed E-state index contributed by atoms with van der Waals surface area (Å²) < 4.78 is 13.8. The van der Waals surface area contributed by atoms with Gasteiger partial charge in [-0.1, -0.05) is 192 Å². The van der Waals surface area contributed by atoms with E-state index in [1.807, 2.05) is 0 Å². The molecule has 0 radical (unpaired) electrons. The zero-order valence-corrected chi connectivity index (χ0v) is 38.2. The van der Waals surface area contributed by atoms with Crippen molar-refractivity contribution in [3.63, 3.8) is 0 Å². The van der Waals surface area contributed by atoms with Crippen molar-refractivity contribution >= 4 is 28.8 Å². The first-order chi connectivity index (χ1) is 29.9. The molecule has 2 aliphatic heterocycles. The fraction of sp³-hybridized carbons (Fsp3) is 0.186. The Balaban J connectivity index is 1.13. The van der Waals surface area contributed by atoms with E-state index in [0.29, 0.717) is 0 Å². The van der Waals surface area contributed by atoms with Crippen LogP contribution in [-0.4, -0.2) is 8.07 Å². The standard InChI is InChI=1S/C59H54O2Si/c1-9-41-27-35-51-57(61-53-37-39(3)21-33-49(53)59(51,7)8)55(41)43-25-30-47(31-26-43)62(44-16-12-10-13-17-44,45-18-14-11-15-19-45)46-28-23-42(24-29-46)54-40(4)22-34-50-56(54)60-52-36-38(2)20-32-48(52)58(50,5)6/h10-37H,9H2,1-8H3. The number of aryl methyl sites for hydroxylation is 4. The molecule has 8 aromatic carbocycles. The maximum absolute atomic E-state index is 6.95. The molecule has 0 unspecified atom stereocenters. The third kappa shape index (κ3) is 6.12. The highest BCUT2D eigenvalue weighted by Gasteiger charge is 2.42. The van der Waals surface area contributed by atoms with Crippen LogP contribution in [0.15, 0.2) is 170 Å². The Morgan fingerprint density at radius 1 is 0.419 bits per heavy atom. The number of benzene rings is 8. The van der Waals surface area contributed by atoms with Crippen LogP contribution >= 0.6 is 0 Å². The second-order valence-corrected chi connectivity index (χ2v) is 22.4. The number of fused-ring (bicyclic) bond motifs is 4. The molecule has 0 aromatic heterocycles. The zero-order valence-electron chi connectivity index (χ0n) is 37.2. The largest absolute Gasteiger partial charge is 0.456 e. The van der Waals surface area contributed by atoms with Gasteiger partial charge in [-0.3, -0.25) is 0 Å². The number of rotatable bonds is 7. The third-order valence-corrected chi connectivity index (χ3v) is 18.8. The van der Waals surface area contributed by atoms with Gasteiger partial charge in [-0.05, 0) is 93.5 Å². The monoisotopic (exact) mass is 822 g/mol. The maximum Gasteiger partial charge on any atom is 0.179 e. The van der Waals surface area contributed by atoms with E-state index in [-0.39, 0.29) is 10.8 Å². The topological polar surface area (TPSA) is 18.5 Å². The second kappa shape index (κ2) is 14.9. The summed E-state index contributed by atoms with van der Waals surface area (Å²) >= 11 is 0. The van der Waals surface area contributed by atoms with E-state index in [9.17, 15) is 0 Å². The molecule has 8 aromatic rings. The van der Waals surface area contributed by atoms with Crippen molar-refractivity contribution < 1.29 is 9.47 Å². The molecule has 2 nitrogen and oxygen atoms in total. The van der Waals surface area contributed by atoms with Crippen molar-refractivity contribution in [1.29, 1.82) is 0 Å². The van der Waals surface area contributed by atoms with Gasteiger partial charge in [0.25, 0.3) is 0 Å². The molecule has 0 spiro atoms. The van der Waals surface area contributed by atoms with Gasteiger partial charge >= 0.3 is 0 Å². The molecule has 0 saturated carbocycles. The summed E-state index contributed by atoms with van der Waals surface area (Å²) in [7, 11) is -2.86. The zero-order chi connectivity index (χ0) is 43.0. The summed E-state index contributed by atoms with van der Waals surface area (Å²) in [6, 6.07) is 63.8. The minimum atomic E-state index is -2.86. The smallest absolute Gasteiger partial charge is 0.179 e. The minimum absolute atomic E-state index is 0.198. The molecule has 2 aliphatic rings. The molecular formula is C59H54O2Si. The first kappa shape index (κ1) is 39.7. The first-order valence-corrected chi connectivity index (χ1v) is 24.1. The average molecular weight is 823 g/mol. The van der Waals surface area contributed by atoms with Crippen molar-refractivity contribution in [3.8, 4) is 45.3 Å². The van der Waals surface area contributed by atoms with Gasteiger partial charge in [-0.2, -0.15) is 0 Å². The van der Waals surface area contributed by atoms with Crippen LogP contribution < -0.4 is 30.2 Å². The third-order valence-electron chi connectivity index (χ3n) is 14.0. The number of ether oxygens (including phenoxy) is 2. The molecular weight excluding hydrogens is 769 g/mol. The van der Waals surface area contributed by atoms with Crippen LogP contribution in [0.4, 0.5) is 0 Å². The van der Waals surface area contributed by atoms with Gasteiger partial charge in [0.2, 0.25) is 0 Å². The molecule has 62 heavy (non-hydrogen) atoms. The highest BCUT2D eigenvalue weighted by atomic mass is 28.3. The van der Waals surface area contributed by atoms with Crippen LogP contribution in [0.3, 0.4) is 0 Å². The van der Waals surface area contributed by atoms with Crippen LogP contribution in [0.5, 0.6) is 23.0 Å². The SMILES string of the molecule is CCc1ccc2c(c1-c1ccc([Si](c3ccccc3)(c3ccccc3)c3ccc(-c4c(C)ccc5c4Oc4cc(C)ccc4C5(C)C)cc3)cc1)Oc1cc(C)ccc1C2(C)C. The lowest BCUT2D eigenvalue weighted by Gasteiger charge is -2.37. The second-order valence-electron chi connectivity index (χ2n) is 18.6. The van der Waals surface area contributed by atoms with E-state index in [1.165, 1.54) is 76.4 Å². The Hall–Kier alpha value is -6.42. The van der Waals surface area contributed by atoms with Gasteiger partial charge in [0.15, 0.2) is 8.07 Å². The van der Waals surface area contributed by atoms with E-state index in [1.54, 1.807) is 0 Å². The molecule has 2 heterocycles. The summed E-state index contributed by atoms with van der Waals surface area (Å²) in [6.45, 7) is 18.0. The van der Waals surface area contributed by atoms with Crippen LogP contribution in [-0.2, 0) is 17.3 Å². The fourth-order valence-corrected chi connectivity index (χ4v) is 15.3. The van der Waals surface area contributed by atoms with Crippen LogP contribution in [0.2, 0.25) is 0 Å². The molecule has 10 rings (SSSR count). The molecule has 0 fully saturated rings. The predicted molar refractivity (Wildman–Crippen MR) is 262 cm³/mol. The summed E-state index contributed by atoms with van der Waals surface area (Å²) in [5, 5.41) is 5.36. The molecule has 0 amide bonds. The molecule has 0 atom stereocenters. The fourth-order valence-electron chi connectivity index (χ4n) is 10.6. The molecule has 306 valence electrons. The molecule has 0 bridgehead atoms. The number of hydrogen-bond acceptors (Lipinski definition) is 2. The van der Waals surface area contributed by atoms with E-state index in [2.05, 4.69) is 225 Å².